The van der Waals surface area contributed by atoms with Gasteiger partial charge in [0.2, 0.25) is 0 Å². The fraction of sp³-hybridized carbons (Fsp3) is 0.357. The molecule has 1 saturated carbocycles. The van der Waals surface area contributed by atoms with Crippen LogP contribution >= 0.6 is 35.5 Å². The third-order valence-corrected chi connectivity index (χ3v) is 7.93. The molecule has 1 atom stereocenters. The molecule has 2 aromatic carbocycles. The maximum absolute atomic E-state index is 12.2. The molecule has 4 N–H and O–H groups in total. The molecule has 12 heteroatoms. The Bertz CT molecular complexity index is 1320. The SMILES string of the molecule is Cl.Nc1snnc1-c1ccccc1.O=C(Cc1snnc1-c1ccccc1)[C@@H]1CCCN1.O=C(O)C1CCCC1. The normalized spacial score (nSPS) is 16.1. The van der Waals surface area contributed by atoms with E-state index >= 15 is 0 Å². The number of hydrogen-bond acceptors (Lipinski definition) is 10. The van der Waals surface area contributed by atoms with Crippen LogP contribution in [0.25, 0.3) is 22.5 Å². The van der Waals surface area contributed by atoms with Crippen molar-refractivity contribution in [1.29, 1.82) is 0 Å². The average Bonchev–Trinajstić information content (AvgIpc) is 3.78. The van der Waals surface area contributed by atoms with E-state index in [0.717, 1.165) is 72.5 Å². The third-order valence-electron chi connectivity index (χ3n) is 6.65. The summed E-state index contributed by atoms with van der Waals surface area (Å²) in [6, 6.07) is 19.7. The standard InChI is InChI=1S/C14H15N3OS.C8H7N3S.C6H10O2.ClH/c18-12(11-7-4-8-15-11)9-13-14(16-17-19-13)10-5-2-1-3-6-10;9-8-7(10-11-12-8)6-4-2-1-3-5-6;7-6(8)5-3-1-2-4-5;/h1-3,5-6,11,15H,4,7-9H2;1-5H,9H2;5H,1-4H2,(H,7,8);1H/t11-;;;/m0.../s1. The van der Waals surface area contributed by atoms with Crippen LogP contribution in [0, 0.1) is 5.92 Å². The molecule has 6 rings (SSSR count). The van der Waals surface area contributed by atoms with Gasteiger partial charge in [0.25, 0.3) is 0 Å². The molecule has 0 unspecified atom stereocenters. The van der Waals surface area contributed by atoms with E-state index in [-0.39, 0.29) is 30.2 Å². The predicted octanol–water partition coefficient (Wildman–Crippen LogP) is 5.54. The van der Waals surface area contributed by atoms with Crippen molar-refractivity contribution >= 4 is 52.2 Å². The predicted molar refractivity (Wildman–Crippen MR) is 162 cm³/mol. The number of nitrogens with two attached hydrogens (primary N) is 1. The Morgan fingerprint density at radius 1 is 0.850 bits per heavy atom. The average molecular weight is 601 g/mol. The molecule has 2 aromatic heterocycles. The van der Waals surface area contributed by atoms with Crippen LogP contribution in [0.4, 0.5) is 5.00 Å². The van der Waals surface area contributed by atoms with E-state index in [0.29, 0.717) is 11.4 Å². The molecule has 0 spiro atoms. The van der Waals surface area contributed by atoms with Crippen molar-refractivity contribution in [1.82, 2.24) is 24.5 Å². The molecule has 1 aliphatic heterocycles. The second-order valence-corrected chi connectivity index (χ2v) is 11.0. The van der Waals surface area contributed by atoms with Gasteiger partial charge in [-0.15, -0.1) is 22.6 Å². The summed E-state index contributed by atoms with van der Waals surface area (Å²) in [6.07, 6.45) is 6.48. The van der Waals surface area contributed by atoms with Crippen molar-refractivity contribution in [2.45, 2.75) is 51.0 Å². The van der Waals surface area contributed by atoms with Crippen LogP contribution in [0.5, 0.6) is 0 Å². The van der Waals surface area contributed by atoms with Crippen molar-refractivity contribution in [3.05, 3.63) is 65.5 Å². The van der Waals surface area contributed by atoms with Crippen LogP contribution in [-0.4, -0.2) is 48.6 Å². The first-order valence-corrected chi connectivity index (χ1v) is 14.6. The molecule has 1 aliphatic carbocycles. The highest BCUT2D eigenvalue weighted by Gasteiger charge is 2.24. The van der Waals surface area contributed by atoms with Gasteiger partial charge in [-0.25, -0.2) is 0 Å². The minimum absolute atomic E-state index is 0. The number of ketones is 1. The van der Waals surface area contributed by atoms with Gasteiger partial charge in [0, 0.05) is 29.1 Å². The molecule has 4 aromatic rings. The second-order valence-electron chi connectivity index (χ2n) is 9.37. The topological polar surface area (TPSA) is 144 Å². The molecule has 2 fully saturated rings. The van der Waals surface area contributed by atoms with Gasteiger partial charge >= 0.3 is 5.97 Å². The molecular formula is C28H33ClN6O3S2. The smallest absolute Gasteiger partial charge is 0.306 e. The molecule has 40 heavy (non-hydrogen) atoms. The zero-order valence-electron chi connectivity index (χ0n) is 21.9. The van der Waals surface area contributed by atoms with Crippen LogP contribution in [-0.2, 0) is 16.0 Å². The van der Waals surface area contributed by atoms with Crippen molar-refractivity contribution in [3.8, 4) is 22.5 Å². The van der Waals surface area contributed by atoms with Crippen molar-refractivity contribution in [2.75, 3.05) is 12.3 Å². The lowest BCUT2D eigenvalue weighted by Crippen LogP contribution is -2.31. The van der Waals surface area contributed by atoms with E-state index in [1.165, 1.54) is 23.1 Å². The Morgan fingerprint density at radius 2 is 1.43 bits per heavy atom. The molecule has 0 radical (unpaired) electrons. The summed E-state index contributed by atoms with van der Waals surface area (Å²) in [5.74, 6) is -0.377. The number of nitrogens with zero attached hydrogens (tertiary/aromatic N) is 4. The number of nitrogens with one attached hydrogen (secondary N) is 1. The molecule has 212 valence electrons. The van der Waals surface area contributed by atoms with Gasteiger partial charge in [-0.3, -0.25) is 9.59 Å². The highest BCUT2D eigenvalue weighted by atomic mass is 35.5. The number of hydrogen-bond donors (Lipinski definition) is 3. The van der Waals surface area contributed by atoms with Gasteiger partial charge in [-0.05, 0) is 43.8 Å². The van der Waals surface area contributed by atoms with Gasteiger partial charge in [0.15, 0.2) is 5.78 Å². The molecule has 2 aliphatic rings. The summed E-state index contributed by atoms with van der Waals surface area (Å²) in [7, 11) is 0. The molecule has 3 heterocycles. The molecule has 0 bridgehead atoms. The maximum Gasteiger partial charge on any atom is 0.306 e. The lowest BCUT2D eigenvalue weighted by molar-refractivity contribution is -0.141. The van der Waals surface area contributed by atoms with E-state index in [1.807, 2.05) is 60.7 Å². The number of carboxylic acids is 1. The van der Waals surface area contributed by atoms with Crippen molar-refractivity contribution in [2.24, 2.45) is 5.92 Å². The summed E-state index contributed by atoms with van der Waals surface area (Å²) in [4.78, 5) is 23.3. The number of carbonyl (C=O) groups excluding carboxylic acids is 1. The maximum atomic E-state index is 12.2. The monoisotopic (exact) mass is 600 g/mol. The summed E-state index contributed by atoms with van der Waals surface area (Å²) in [5, 5.41) is 20.4. The van der Waals surface area contributed by atoms with Crippen LogP contribution in [0.1, 0.15) is 43.4 Å². The van der Waals surface area contributed by atoms with E-state index in [1.54, 1.807) is 0 Å². The number of aliphatic carboxylic acids is 1. The van der Waals surface area contributed by atoms with E-state index in [9.17, 15) is 9.59 Å². The van der Waals surface area contributed by atoms with Crippen molar-refractivity contribution in [3.63, 3.8) is 0 Å². The summed E-state index contributed by atoms with van der Waals surface area (Å²) >= 11 is 2.54. The van der Waals surface area contributed by atoms with Crippen LogP contribution in [0.3, 0.4) is 0 Å². The first kappa shape index (κ1) is 31.3. The largest absolute Gasteiger partial charge is 0.481 e. The minimum atomic E-state index is -0.609. The molecular weight excluding hydrogens is 568 g/mol. The quantitative estimate of drug-likeness (QED) is 0.260. The van der Waals surface area contributed by atoms with Gasteiger partial charge in [0.05, 0.1) is 16.8 Å². The molecule has 0 amide bonds. The zero-order valence-corrected chi connectivity index (χ0v) is 24.4. The van der Waals surface area contributed by atoms with Gasteiger partial charge in [-0.1, -0.05) is 82.5 Å². The summed E-state index contributed by atoms with van der Waals surface area (Å²) in [6.45, 7) is 0.947. The summed E-state index contributed by atoms with van der Waals surface area (Å²) < 4.78 is 7.76. The number of benzene rings is 2. The molecule has 9 nitrogen and oxygen atoms in total. The number of Topliss-reactive ketones (excluding diaryl/α,β-unsaturated/α-hetero) is 1. The van der Waals surface area contributed by atoms with Crippen molar-refractivity contribution < 1.29 is 14.7 Å². The lowest BCUT2D eigenvalue weighted by Gasteiger charge is -2.08. The lowest BCUT2D eigenvalue weighted by atomic mass is 10.0. The van der Waals surface area contributed by atoms with Crippen LogP contribution in [0.2, 0.25) is 0 Å². The van der Waals surface area contributed by atoms with Crippen LogP contribution < -0.4 is 11.1 Å². The van der Waals surface area contributed by atoms with E-state index < -0.39 is 5.97 Å². The highest BCUT2D eigenvalue weighted by molar-refractivity contribution is 7.10. The number of carboxylic acid groups (broad SMARTS) is 1. The number of anilines is 1. The Labute approximate surface area is 248 Å². The zero-order chi connectivity index (χ0) is 27.5. The fourth-order valence-electron chi connectivity index (χ4n) is 4.55. The minimum Gasteiger partial charge on any atom is -0.481 e. The Morgan fingerprint density at radius 3 is 1.93 bits per heavy atom. The number of carbonyl (C=O) groups is 2. The third kappa shape index (κ3) is 8.88. The Kier molecular flexibility index (Phi) is 12.6. The molecule has 1 saturated heterocycles. The highest BCUT2D eigenvalue weighted by Crippen LogP contribution is 2.26. The Balaban J connectivity index is 0.000000180. The first-order chi connectivity index (χ1) is 19.0. The number of rotatable bonds is 6. The first-order valence-electron chi connectivity index (χ1n) is 13.0. The number of aromatic nitrogens is 4. The second kappa shape index (κ2) is 16.1. The number of halogens is 1. The van der Waals surface area contributed by atoms with Crippen LogP contribution in [0.15, 0.2) is 60.7 Å². The van der Waals surface area contributed by atoms with Gasteiger partial charge in [-0.2, -0.15) is 0 Å². The Hall–Kier alpha value is -3.25. The van der Waals surface area contributed by atoms with Gasteiger partial charge < -0.3 is 16.2 Å². The van der Waals surface area contributed by atoms with Gasteiger partial charge in [0.1, 0.15) is 16.4 Å². The number of nitrogen functional groups attached to an aromatic ring is 1. The summed E-state index contributed by atoms with van der Waals surface area (Å²) in [5.41, 5.74) is 9.33. The van der Waals surface area contributed by atoms with E-state index in [2.05, 4.69) is 24.5 Å². The fourth-order valence-corrected chi connectivity index (χ4v) is 5.68. The van der Waals surface area contributed by atoms with E-state index in [4.69, 9.17) is 10.8 Å².